The van der Waals surface area contributed by atoms with Crippen LogP contribution in [0, 0.1) is 0 Å². The fourth-order valence-electron chi connectivity index (χ4n) is 3.93. The highest BCUT2D eigenvalue weighted by Crippen LogP contribution is 2.18. The van der Waals surface area contributed by atoms with Gasteiger partial charge in [0.05, 0.1) is 19.8 Å². The lowest BCUT2D eigenvalue weighted by Gasteiger charge is -2.18. The standard InChI is InChI=1S/C30H60O4/c1-5-9-12-15-18-21-25-31-28-34-30(33-27-23-20-17-14-11-7-3)29(24-8-4)32-26-22-19-16-13-10-6-2/h5-28H2,1-4H3. The Bertz CT molecular complexity index is 422. The van der Waals surface area contributed by atoms with Crippen molar-refractivity contribution in [2.24, 2.45) is 0 Å². The van der Waals surface area contributed by atoms with Crippen LogP contribution < -0.4 is 0 Å². The lowest BCUT2D eigenvalue weighted by molar-refractivity contribution is -0.0845. The van der Waals surface area contributed by atoms with Crippen molar-refractivity contribution in [3.8, 4) is 0 Å². The highest BCUT2D eigenvalue weighted by Gasteiger charge is 2.12. The maximum absolute atomic E-state index is 6.17. The van der Waals surface area contributed by atoms with Gasteiger partial charge in [-0.15, -0.1) is 0 Å². The Morgan fingerprint density at radius 1 is 0.412 bits per heavy atom. The smallest absolute Gasteiger partial charge is 0.321 e. The van der Waals surface area contributed by atoms with Gasteiger partial charge in [-0.25, -0.2) is 0 Å². The van der Waals surface area contributed by atoms with Crippen molar-refractivity contribution < 1.29 is 18.9 Å². The van der Waals surface area contributed by atoms with Crippen molar-refractivity contribution in [1.82, 2.24) is 0 Å². The van der Waals surface area contributed by atoms with Crippen LogP contribution in [0.15, 0.2) is 11.7 Å². The topological polar surface area (TPSA) is 36.9 Å². The van der Waals surface area contributed by atoms with Gasteiger partial charge >= 0.3 is 5.95 Å². The summed E-state index contributed by atoms with van der Waals surface area (Å²) in [4.78, 5) is 0. The van der Waals surface area contributed by atoms with Gasteiger partial charge in [0, 0.05) is 6.42 Å². The molecule has 0 unspecified atom stereocenters. The van der Waals surface area contributed by atoms with E-state index in [1.54, 1.807) is 0 Å². The Morgan fingerprint density at radius 3 is 1.35 bits per heavy atom. The third-order valence-corrected chi connectivity index (χ3v) is 6.13. The number of unbranched alkanes of at least 4 members (excludes halogenated alkanes) is 15. The molecule has 0 bridgehead atoms. The summed E-state index contributed by atoms with van der Waals surface area (Å²) in [6.45, 7) is 11.4. The molecular formula is C30H60O4. The second-order valence-corrected chi connectivity index (χ2v) is 9.63. The van der Waals surface area contributed by atoms with Gasteiger partial charge in [0.25, 0.3) is 0 Å². The quantitative estimate of drug-likeness (QED) is 0.0628. The number of allylic oxidation sites excluding steroid dienone is 1. The summed E-state index contributed by atoms with van der Waals surface area (Å²) >= 11 is 0. The van der Waals surface area contributed by atoms with Gasteiger partial charge < -0.3 is 18.9 Å². The van der Waals surface area contributed by atoms with Gasteiger partial charge in [0.2, 0.25) is 0 Å². The molecule has 34 heavy (non-hydrogen) atoms. The van der Waals surface area contributed by atoms with E-state index in [1.807, 2.05) is 0 Å². The van der Waals surface area contributed by atoms with Gasteiger partial charge in [-0.05, 0) is 25.7 Å². The molecule has 0 spiro atoms. The van der Waals surface area contributed by atoms with Crippen LogP contribution >= 0.6 is 0 Å². The molecular weight excluding hydrogens is 424 g/mol. The molecule has 4 heteroatoms. The van der Waals surface area contributed by atoms with Crippen molar-refractivity contribution in [2.45, 2.75) is 156 Å². The number of hydrogen-bond acceptors (Lipinski definition) is 4. The molecule has 204 valence electrons. The van der Waals surface area contributed by atoms with Gasteiger partial charge in [-0.1, -0.05) is 124 Å². The van der Waals surface area contributed by atoms with Crippen LogP contribution in [0.3, 0.4) is 0 Å². The maximum atomic E-state index is 6.17. The molecule has 0 aromatic heterocycles. The van der Waals surface area contributed by atoms with Gasteiger partial charge in [0.15, 0.2) is 12.6 Å². The third kappa shape index (κ3) is 22.9. The Hall–Kier alpha value is -0.900. The highest BCUT2D eigenvalue weighted by atomic mass is 16.7. The normalized spacial score (nSPS) is 12.0. The first-order chi connectivity index (χ1) is 16.8. The zero-order valence-electron chi connectivity index (χ0n) is 23.6. The van der Waals surface area contributed by atoms with Crippen molar-refractivity contribution in [2.75, 3.05) is 26.6 Å². The predicted octanol–water partition coefficient (Wildman–Crippen LogP) is 10.1. The van der Waals surface area contributed by atoms with E-state index in [-0.39, 0.29) is 6.79 Å². The lowest BCUT2D eigenvalue weighted by atomic mass is 10.1. The van der Waals surface area contributed by atoms with Crippen LogP contribution in [0.25, 0.3) is 0 Å². The summed E-state index contributed by atoms with van der Waals surface area (Å²) in [6.07, 6.45) is 24.5. The largest absolute Gasteiger partial charge is 0.491 e. The Kier molecular flexibility index (Phi) is 27.6. The van der Waals surface area contributed by atoms with E-state index in [0.29, 0.717) is 12.6 Å². The number of ether oxygens (including phenoxy) is 4. The van der Waals surface area contributed by atoms with E-state index in [4.69, 9.17) is 18.9 Å². The molecule has 0 saturated carbocycles. The minimum Gasteiger partial charge on any atom is -0.491 e. The van der Waals surface area contributed by atoms with Crippen LogP contribution in [0.1, 0.15) is 156 Å². The summed E-state index contributed by atoms with van der Waals surface area (Å²) in [5, 5.41) is 0. The lowest BCUT2D eigenvalue weighted by Crippen LogP contribution is -2.10. The molecule has 0 rings (SSSR count). The molecule has 0 aromatic carbocycles. The van der Waals surface area contributed by atoms with E-state index in [1.165, 1.54) is 96.3 Å². The second-order valence-electron chi connectivity index (χ2n) is 9.63. The Balaban J connectivity index is 4.47. The van der Waals surface area contributed by atoms with Crippen molar-refractivity contribution in [3.05, 3.63) is 11.7 Å². The molecule has 0 atom stereocenters. The SMILES string of the molecule is CCCCCCCCOCOC(OCCCCCCCC)=C(CCC)OCCCCCCCC. The fourth-order valence-corrected chi connectivity index (χ4v) is 3.93. The summed E-state index contributed by atoms with van der Waals surface area (Å²) in [5.41, 5.74) is 0. The van der Waals surface area contributed by atoms with E-state index >= 15 is 0 Å². The van der Waals surface area contributed by atoms with Gasteiger partial charge in [-0.3, -0.25) is 0 Å². The summed E-state index contributed by atoms with van der Waals surface area (Å²) in [7, 11) is 0. The zero-order valence-corrected chi connectivity index (χ0v) is 23.6. The number of rotatable bonds is 28. The Labute approximate surface area is 213 Å². The molecule has 0 amide bonds. The minimum atomic E-state index is 0.244. The molecule has 0 aliphatic heterocycles. The van der Waals surface area contributed by atoms with E-state index < -0.39 is 0 Å². The summed E-state index contributed by atoms with van der Waals surface area (Å²) in [5.74, 6) is 1.43. The monoisotopic (exact) mass is 484 g/mol. The van der Waals surface area contributed by atoms with Crippen LogP contribution in [0.4, 0.5) is 0 Å². The maximum Gasteiger partial charge on any atom is 0.321 e. The second kappa shape index (κ2) is 28.3. The first-order valence-corrected chi connectivity index (χ1v) is 15.0. The van der Waals surface area contributed by atoms with Crippen LogP contribution in [0.5, 0.6) is 0 Å². The van der Waals surface area contributed by atoms with Crippen molar-refractivity contribution in [3.63, 3.8) is 0 Å². The first kappa shape index (κ1) is 33.1. The zero-order chi connectivity index (χ0) is 25.0. The molecule has 0 fully saturated rings. The number of hydrogen-bond donors (Lipinski definition) is 0. The molecule has 0 heterocycles. The van der Waals surface area contributed by atoms with Crippen LogP contribution in [0.2, 0.25) is 0 Å². The predicted molar refractivity (Wildman–Crippen MR) is 146 cm³/mol. The van der Waals surface area contributed by atoms with E-state index in [2.05, 4.69) is 27.7 Å². The van der Waals surface area contributed by atoms with Crippen molar-refractivity contribution >= 4 is 0 Å². The molecule has 0 aliphatic rings. The summed E-state index contributed by atoms with van der Waals surface area (Å²) in [6, 6.07) is 0. The fraction of sp³-hybridized carbons (Fsp3) is 0.933. The molecule has 0 aromatic rings. The minimum absolute atomic E-state index is 0.244. The Morgan fingerprint density at radius 2 is 0.853 bits per heavy atom. The highest BCUT2D eigenvalue weighted by molar-refractivity contribution is 4.95. The third-order valence-electron chi connectivity index (χ3n) is 6.13. The van der Waals surface area contributed by atoms with Crippen molar-refractivity contribution in [1.29, 1.82) is 0 Å². The molecule has 0 aliphatic carbocycles. The molecule has 4 nitrogen and oxygen atoms in total. The van der Waals surface area contributed by atoms with Gasteiger partial charge in [0.1, 0.15) is 0 Å². The van der Waals surface area contributed by atoms with E-state index in [9.17, 15) is 0 Å². The van der Waals surface area contributed by atoms with Crippen LogP contribution in [-0.2, 0) is 18.9 Å². The average molecular weight is 485 g/mol. The molecule has 0 N–H and O–H groups in total. The van der Waals surface area contributed by atoms with Gasteiger partial charge in [-0.2, -0.15) is 0 Å². The average Bonchev–Trinajstić information content (AvgIpc) is 2.84. The summed E-state index contributed by atoms with van der Waals surface area (Å²) < 4.78 is 24.0. The van der Waals surface area contributed by atoms with E-state index in [0.717, 1.165) is 51.1 Å². The molecule has 0 saturated heterocycles. The van der Waals surface area contributed by atoms with Crippen LogP contribution in [-0.4, -0.2) is 26.6 Å². The first-order valence-electron chi connectivity index (χ1n) is 15.0. The molecule has 0 radical (unpaired) electrons.